The fourth-order valence-electron chi connectivity index (χ4n) is 2.39. The Morgan fingerprint density at radius 2 is 2.14 bits per heavy atom. The Morgan fingerprint density at radius 3 is 2.86 bits per heavy atom. The molecule has 0 radical (unpaired) electrons. The molecule has 0 bridgehead atoms. The standard InChI is InChI=1S/C16H14ClN3OS/c17-11-3-1-10(2-4-11)14-8-20-13(9-22-16(20)19-14)7-15(21)18-12-5-6-12/h1-4,8-9,12H,5-7H2,(H,18,21). The van der Waals surface area contributed by atoms with E-state index >= 15 is 0 Å². The molecule has 2 aromatic heterocycles. The second-order valence-electron chi connectivity index (χ2n) is 5.53. The van der Waals surface area contributed by atoms with Crippen LogP contribution in [0.15, 0.2) is 35.8 Å². The summed E-state index contributed by atoms with van der Waals surface area (Å²) in [7, 11) is 0. The molecule has 0 aliphatic heterocycles. The first-order valence-corrected chi connectivity index (χ1v) is 8.45. The Kier molecular flexibility index (Phi) is 3.39. The second-order valence-corrected chi connectivity index (χ2v) is 6.80. The summed E-state index contributed by atoms with van der Waals surface area (Å²) in [5.41, 5.74) is 2.90. The zero-order chi connectivity index (χ0) is 15.1. The van der Waals surface area contributed by atoms with E-state index in [0.717, 1.165) is 34.8 Å². The van der Waals surface area contributed by atoms with Gasteiger partial charge in [-0.25, -0.2) is 4.98 Å². The fourth-order valence-corrected chi connectivity index (χ4v) is 3.39. The lowest BCUT2D eigenvalue weighted by atomic mass is 10.2. The van der Waals surface area contributed by atoms with Crippen molar-refractivity contribution >= 4 is 33.8 Å². The van der Waals surface area contributed by atoms with E-state index in [2.05, 4.69) is 10.3 Å². The van der Waals surface area contributed by atoms with Crippen molar-refractivity contribution in [3.05, 3.63) is 46.6 Å². The minimum atomic E-state index is 0.0870. The fraction of sp³-hybridized carbons (Fsp3) is 0.250. The van der Waals surface area contributed by atoms with Gasteiger partial charge in [-0.05, 0) is 25.0 Å². The second kappa shape index (κ2) is 5.41. The summed E-state index contributed by atoms with van der Waals surface area (Å²) in [6.45, 7) is 0. The summed E-state index contributed by atoms with van der Waals surface area (Å²) in [5, 5.41) is 5.73. The van der Waals surface area contributed by atoms with Gasteiger partial charge in [0.15, 0.2) is 4.96 Å². The molecular weight excluding hydrogens is 318 g/mol. The molecule has 1 saturated carbocycles. The van der Waals surface area contributed by atoms with Gasteiger partial charge < -0.3 is 5.32 Å². The highest BCUT2D eigenvalue weighted by Gasteiger charge is 2.23. The zero-order valence-electron chi connectivity index (χ0n) is 11.8. The van der Waals surface area contributed by atoms with E-state index in [0.29, 0.717) is 17.5 Å². The van der Waals surface area contributed by atoms with Gasteiger partial charge in [0.2, 0.25) is 5.91 Å². The first-order chi connectivity index (χ1) is 10.7. The van der Waals surface area contributed by atoms with E-state index in [1.165, 1.54) is 0 Å². The van der Waals surface area contributed by atoms with Crippen molar-refractivity contribution in [2.45, 2.75) is 25.3 Å². The first kappa shape index (κ1) is 13.8. The van der Waals surface area contributed by atoms with Crippen molar-refractivity contribution in [1.29, 1.82) is 0 Å². The Hall–Kier alpha value is -1.85. The third-order valence-corrected chi connectivity index (χ3v) is 4.85. The molecule has 1 aliphatic rings. The topological polar surface area (TPSA) is 46.4 Å². The van der Waals surface area contributed by atoms with Crippen molar-refractivity contribution in [2.24, 2.45) is 0 Å². The number of halogens is 1. The van der Waals surface area contributed by atoms with Crippen LogP contribution in [-0.4, -0.2) is 21.3 Å². The maximum absolute atomic E-state index is 12.0. The number of nitrogens with zero attached hydrogens (tertiary/aromatic N) is 2. The summed E-state index contributed by atoms with van der Waals surface area (Å²) >= 11 is 7.47. The number of hydrogen-bond donors (Lipinski definition) is 1. The van der Waals surface area contributed by atoms with Crippen molar-refractivity contribution in [1.82, 2.24) is 14.7 Å². The highest BCUT2D eigenvalue weighted by atomic mass is 35.5. The number of carbonyl (C=O) groups excluding carboxylic acids is 1. The quantitative estimate of drug-likeness (QED) is 0.795. The predicted octanol–water partition coefficient (Wildman–Crippen LogP) is 3.54. The van der Waals surface area contributed by atoms with Gasteiger partial charge in [-0.15, -0.1) is 11.3 Å². The van der Waals surface area contributed by atoms with Crippen molar-refractivity contribution in [3.63, 3.8) is 0 Å². The summed E-state index contributed by atoms with van der Waals surface area (Å²) in [4.78, 5) is 17.5. The average Bonchev–Trinajstić information content (AvgIpc) is 3.08. The van der Waals surface area contributed by atoms with Crippen LogP contribution in [0.2, 0.25) is 5.02 Å². The third kappa shape index (κ3) is 2.74. The van der Waals surface area contributed by atoms with Crippen LogP contribution in [0.4, 0.5) is 0 Å². The first-order valence-electron chi connectivity index (χ1n) is 7.20. The van der Waals surface area contributed by atoms with Gasteiger partial charge in [-0.3, -0.25) is 9.20 Å². The number of fused-ring (bicyclic) bond motifs is 1. The number of nitrogens with one attached hydrogen (secondary N) is 1. The van der Waals surface area contributed by atoms with Crippen LogP contribution in [0, 0.1) is 0 Å². The highest BCUT2D eigenvalue weighted by molar-refractivity contribution is 7.15. The molecule has 4 nitrogen and oxygen atoms in total. The number of carbonyl (C=O) groups is 1. The van der Waals surface area contributed by atoms with Gasteiger partial charge in [0, 0.05) is 33.9 Å². The lowest BCUT2D eigenvalue weighted by Gasteiger charge is -2.02. The van der Waals surface area contributed by atoms with Crippen LogP contribution < -0.4 is 5.32 Å². The lowest BCUT2D eigenvalue weighted by molar-refractivity contribution is -0.120. The molecule has 1 amide bonds. The SMILES string of the molecule is O=C(Cc1csc2nc(-c3ccc(Cl)cc3)cn12)NC1CC1. The Balaban J connectivity index is 1.60. The largest absolute Gasteiger partial charge is 0.353 e. The van der Waals surface area contributed by atoms with Gasteiger partial charge in [-0.1, -0.05) is 23.7 Å². The predicted molar refractivity (Wildman–Crippen MR) is 88.4 cm³/mol. The molecule has 22 heavy (non-hydrogen) atoms. The molecule has 1 aromatic carbocycles. The smallest absolute Gasteiger partial charge is 0.226 e. The van der Waals surface area contributed by atoms with Crippen LogP contribution in [0.25, 0.3) is 16.2 Å². The minimum absolute atomic E-state index is 0.0870. The number of hydrogen-bond acceptors (Lipinski definition) is 3. The lowest BCUT2D eigenvalue weighted by Crippen LogP contribution is -2.27. The van der Waals surface area contributed by atoms with Gasteiger partial charge >= 0.3 is 0 Å². The van der Waals surface area contributed by atoms with Crippen LogP contribution in [0.1, 0.15) is 18.5 Å². The van der Waals surface area contributed by atoms with Gasteiger partial charge in [-0.2, -0.15) is 0 Å². The van der Waals surface area contributed by atoms with Crippen LogP contribution >= 0.6 is 22.9 Å². The normalized spacial score (nSPS) is 14.4. The van der Waals surface area contributed by atoms with E-state index in [1.54, 1.807) is 11.3 Å². The van der Waals surface area contributed by atoms with Crippen LogP contribution in [-0.2, 0) is 11.2 Å². The minimum Gasteiger partial charge on any atom is -0.353 e. The average molecular weight is 332 g/mol. The van der Waals surface area contributed by atoms with E-state index in [4.69, 9.17) is 11.6 Å². The number of benzene rings is 1. The van der Waals surface area contributed by atoms with E-state index in [1.807, 2.05) is 40.2 Å². The van der Waals surface area contributed by atoms with E-state index in [-0.39, 0.29) is 5.91 Å². The molecule has 3 aromatic rings. The summed E-state index contributed by atoms with van der Waals surface area (Å²) < 4.78 is 2.00. The van der Waals surface area contributed by atoms with Crippen molar-refractivity contribution < 1.29 is 4.79 Å². The molecule has 1 aliphatic carbocycles. The van der Waals surface area contributed by atoms with Gasteiger partial charge in [0.1, 0.15) is 0 Å². The van der Waals surface area contributed by atoms with Crippen LogP contribution in [0.3, 0.4) is 0 Å². The Labute approximate surface area is 136 Å². The number of aromatic nitrogens is 2. The molecule has 2 heterocycles. The molecule has 1 N–H and O–H groups in total. The van der Waals surface area contributed by atoms with E-state index in [9.17, 15) is 4.79 Å². The maximum atomic E-state index is 12.0. The Bertz CT molecular complexity index is 833. The molecule has 4 rings (SSSR count). The molecule has 1 fully saturated rings. The third-order valence-electron chi connectivity index (χ3n) is 3.71. The highest BCUT2D eigenvalue weighted by Crippen LogP contribution is 2.25. The molecule has 0 saturated heterocycles. The number of rotatable bonds is 4. The van der Waals surface area contributed by atoms with Crippen molar-refractivity contribution in [2.75, 3.05) is 0 Å². The molecule has 0 unspecified atom stereocenters. The molecule has 0 spiro atoms. The summed E-state index contributed by atoms with van der Waals surface area (Å²) in [5.74, 6) is 0.0870. The zero-order valence-corrected chi connectivity index (χ0v) is 13.3. The summed E-state index contributed by atoms with van der Waals surface area (Å²) in [6.07, 6.45) is 4.59. The van der Waals surface area contributed by atoms with Crippen molar-refractivity contribution in [3.8, 4) is 11.3 Å². The monoisotopic (exact) mass is 331 g/mol. The molecule has 112 valence electrons. The number of amides is 1. The van der Waals surface area contributed by atoms with E-state index < -0.39 is 0 Å². The molecule has 0 atom stereocenters. The summed E-state index contributed by atoms with van der Waals surface area (Å²) in [6, 6.07) is 8.01. The van der Waals surface area contributed by atoms with Gasteiger partial charge in [0.05, 0.1) is 12.1 Å². The number of thiazole rings is 1. The molecule has 6 heteroatoms. The van der Waals surface area contributed by atoms with Crippen LogP contribution in [0.5, 0.6) is 0 Å². The molecular formula is C16H14ClN3OS. The maximum Gasteiger partial charge on any atom is 0.226 e. The van der Waals surface area contributed by atoms with Gasteiger partial charge in [0.25, 0.3) is 0 Å². The number of imidazole rings is 1. The Morgan fingerprint density at radius 1 is 1.36 bits per heavy atom.